The average Bonchev–Trinajstić information content (AvgIpc) is 2.98. The van der Waals surface area contributed by atoms with Crippen molar-refractivity contribution in [3.05, 3.63) is 53.0 Å². The van der Waals surface area contributed by atoms with Gasteiger partial charge in [0, 0.05) is 30.9 Å². The second-order valence-corrected chi connectivity index (χ2v) is 5.34. The maximum absolute atomic E-state index is 5.34. The third kappa shape index (κ3) is 2.66. The fourth-order valence-electron chi connectivity index (χ4n) is 2.69. The first-order valence-corrected chi connectivity index (χ1v) is 6.79. The standard InChI is InChI=1S/C16H20N2O/c1-12-15(6-8-19-12)11-18(2)10-13-3-4-16-14(9-13)5-7-17-16/h3-4,6,8-9,17H,5,7,10-11H2,1-2H3. The third-order valence-electron chi connectivity index (χ3n) is 3.74. The Labute approximate surface area is 114 Å². The van der Waals surface area contributed by atoms with Crippen LogP contribution in [0.1, 0.15) is 22.5 Å². The van der Waals surface area contributed by atoms with Crippen LogP contribution in [0.3, 0.4) is 0 Å². The monoisotopic (exact) mass is 256 g/mol. The molecule has 0 spiro atoms. The number of aryl methyl sites for hydroxylation is 1. The van der Waals surface area contributed by atoms with Crippen molar-refractivity contribution in [3.63, 3.8) is 0 Å². The van der Waals surface area contributed by atoms with Crippen LogP contribution in [-0.4, -0.2) is 18.5 Å². The molecular formula is C16H20N2O. The van der Waals surface area contributed by atoms with Crippen LogP contribution in [0.4, 0.5) is 5.69 Å². The number of nitrogens with zero attached hydrogens (tertiary/aromatic N) is 1. The topological polar surface area (TPSA) is 28.4 Å². The van der Waals surface area contributed by atoms with Crippen LogP contribution in [0.15, 0.2) is 34.9 Å². The molecule has 3 nitrogen and oxygen atoms in total. The lowest BCUT2D eigenvalue weighted by Crippen LogP contribution is -2.17. The van der Waals surface area contributed by atoms with Crippen LogP contribution in [0.2, 0.25) is 0 Å². The molecule has 0 atom stereocenters. The largest absolute Gasteiger partial charge is 0.469 e. The number of hydrogen-bond acceptors (Lipinski definition) is 3. The molecule has 2 aromatic rings. The summed E-state index contributed by atoms with van der Waals surface area (Å²) < 4.78 is 5.34. The fraction of sp³-hybridized carbons (Fsp3) is 0.375. The van der Waals surface area contributed by atoms with Gasteiger partial charge in [-0.1, -0.05) is 12.1 Å². The highest BCUT2D eigenvalue weighted by Gasteiger charge is 2.11. The Bertz CT molecular complexity index is 574. The van der Waals surface area contributed by atoms with E-state index in [9.17, 15) is 0 Å². The van der Waals surface area contributed by atoms with E-state index in [0.717, 1.165) is 31.8 Å². The Morgan fingerprint density at radius 1 is 1.26 bits per heavy atom. The number of furan rings is 1. The molecule has 0 saturated heterocycles. The van der Waals surface area contributed by atoms with Gasteiger partial charge in [0.15, 0.2) is 0 Å². The van der Waals surface area contributed by atoms with E-state index in [1.165, 1.54) is 22.4 Å². The summed E-state index contributed by atoms with van der Waals surface area (Å²) in [4.78, 5) is 2.32. The third-order valence-corrected chi connectivity index (χ3v) is 3.74. The van der Waals surface area contributed by atoms with E-state index in [-0.39, 0.29) is 0 Å². The van der Waals surface area contributed by atoms with Crippen molar-refractivity contribution in [2.24, 2.45) is 0 Å². The van der Waals surface area contributed by atoms with E-state index >= 15 is 0 Å². The van der Waals surface area contributed by atoms with Crippen molar-refractivity contribution in [2.45, 2.75) is 26.4 Å². The Morgan fingerprint density at radius 3 is 2.95 bits per heavy atom. The molecule has 0 unspecified atom stereocenters. The molecular weight excluding hydrogens is 236 g/mol. The Balaban J connectivity index is 1.66. The number of rotatable bonds is 4. The highest BCUT2D eigenvalue weighted by atomic mass is 16.3. The summed E-state index contributed by atoms with van der Waals surface area (Å²) in [5.41, 5.74) is 5.40. The first-order chi connectivity index (χ1) is 9.22. The average molecular weight is 256 g/mol. The molecule has 0 aliphatic carbocycles. The van der Waals surface area contributed by atoms with Crippen molar-refractivity contribution in [3.8, 4) is 0 Å². The van der Waals surface area contributed by atoms with Gasteiger partial charge in [0.05, 0.1) is 6.26 Å². The van der Waals surface area contributed by atoms with Gasteiger partial charge in [0.2, 0.25) is 0 Å². The van der Waals surface area contributed by atoms with Gasteiger partial charge < -0.3 is 9.73 Å². The quantitative estimate of drug-likeness (QED) is 0.910. The van der Waals surface area contributed by atoms with Crippen molar-refractivity contribution in [2.75, 3.05) is 18.9 Å². The molecule has 1 aliphatic rings. The number of nitrogens with one attached hydrogen (secondary N) is 1. The Morgan fingerprint density at radius 2 is 2.16 bits per heavy atom. The number of anilines is 1. The van der Waals surface area contributed by atoms with E-state index in [4.69, 9.17) is 4.42 Å². The predicted molar refractivity (Wildman–Crippen MR) is 77.3 cm³/mol. The lowest BCUT2D eigenvalue weighted by molar-refractivity contribution is 0.316. The zero-order valence-corrected chi connectivity index (χ0v) is 11.6. The van der Waals surface area contributed by atoms with Gasteiger partial charge in [0.25, 0.3) is 0 Å². The number of hydrogen-bond donors (Lipinski definition) is 1. The molecule has 100 valence electrons. The normalized spacial score (nSPS) is 13.6. The smallest absolute Gasteiger partial charge is 0.105 e. The highest BCUT2D eigenvalue weighted by Crippen LogP contribution is 2.23. The van der Waals surface area contributed by atoms with E-state index in [1.807, 2.05) is 6.92 Å². The van der Waals surface area contributed by atoms with Crippen LogP contribution in [0.5, 0.6) is 0 Å². The number of fused-ring (bicyclic) bond motifs is 1. The minimum absolute atomic E-state index is 0.928. The summed E-state index contributed by atoms with van der Waals surface area (Å²) in [6, 6.07) is 8.80. The summed E-state index contributed by atoms with van der Waals surface area (Å²) in [5.74, 6) is 1.02. The van der Waals surface area contributed by atoms with E-state index < -0.39 is 0 Å². The van der Waals surface area contributed by atoms with Gasteiger partial charge in [-0.05, 0) is 43.7 Å². The fourth-order valence-corrected chi connectivity index (χ4v) is 2.69. The van der Waals surface area contributed by atoms with Crippen LogP contribution in [0.25, 0.3) is 0 Å². The van der Waals surface area contributed by atoms with E-state index in [1.54, 1.807) is 6.26 Å². The molecule has 3 heteroatoms. The van der Waals surface area contributed by atoms with Gasteiger partial charge >= 0.3 is 0 Å². The predicted octanol–water partition coefficient (Wildman–Crippen LogP) is 3.19. The van der Waals surface area contributed by atoms with E-state index in [0.29, 0.717) is 0 Å². The van der Waals surface area contributed by atoms with Crippen molar-refractivity contribution >= 4 is 5.69 Å². The van der Waals surface area contributed by atoms with Gasteiger partial charge in [-0.3, -0.25) is 4.90 Å². The SMILES string of the molecule is Cc1occc1CN(C)Cc1ccc2c(c1)CCN2. The Hall–Kier alpha value is -1.74. The van der Waals surface area contributed by atoms with Gasteiger partial charge in [-0.2, -0.15) is 0 Å². The lowest BCUT2D eigenvalue weighted by atomic mass is 10.1. The van der Waals surface area contributed by atoms with Crippen LogP contribution < -0.4 is 5.32 Å². The summed E-state index contributed by atoms with van der Waals surface area (Å²) in [5, 5.41) is 3.40. The van der Waals surface area contributed by atoms with Gasteiger partial charge in [0.1, 0.15) is 5.76 Å². The zero-order chi connectivity index (χ0) is 13.2. The lowest BCUT2D eigenvalue weighted by Gasteiger charge is -2.17. The summed E-state index contributed by atoms with van der Waals surface area (Å²) in [7, 11) is 2.15. The summed E-state index contributed by atoms with van der Waals surface area (Å²) in [6.07, 6.45) is 2.91. The molecule has 2 heterocycles. The van der Waals surface area contributed by atoms with Crippen molar-refractivity contribution in [1.82, 2.24) is 4.90 Å². The van der Waals surface area contributed by atoms with Crippen LogP contribution >= 0.6 is 0 Å². The highest BCUT2D eigenvalue weighted by molar-refractivity contribution is 5.56. The maximum atomic E-state index is 5.34. The molecule has 1 N–H and O–H groups in total. The minimum Gasteiger partial charge on any atom is -0.469 e. The number of benzene rings is 1. The van der Waals surface area contributed by atoms with Crippen LogP contribution in [0, 0.1) is 6.92 Å². The molecule has 1 aliphatic heterocycles. The van der Waals surface area contributed by atoms with Crippen LogP contribution in [-0.2, 0) is 19.5 Å². The minimum atomic E-state index is 0.928. The molecule has 3 rings (SSSR count). The summed E-state index contributed by atoms with van der Waals surface area (Å²) >= 11 is 0. The van der Waals surface area contributed by atoms with Gasteiger partial charge in [-0.25, -0.2) is 0 Å². The zero-order valence-electron chi connectivity index (χ0n) is 11.6. The van der Waals surface area contributed by atoms with E-state index in [2.05, 4.69) is 41.5 Å². The first kappa shape index (κ1) is 12.3. The molecule has 1 aromatic heterocycles. The maximum Gasteiger partial charge on any atom is 0.105 e. The van der Waals surface area contributed by atoms with Crippen molar-refractivity contribution in [1.29, 1.82) is 0 Å². The molecule has 0 fully saturated rings. The molecule has 19 heavy (non-hydrogen) atoms. The van der Waals surface area contributed by atoms with Gasteiger partial charge in [-0.15, -0.1) is 0 Å². The molecule has 0 saturated carbocycles. The molecule has 1 aromatic carbocycles. The first-order valence-electron chi connectivity index (χ1n) is 6.79. The Kier molecular flexibility index (Phi) is 3.30. The second-order valence-electron chi connectivity index (χ2n) is 5.34. The molecule has 0 amide bonds. The summed E-state index contributed by atoms with van der Waals surface area (Å²) in [6.45, 7) is 4.99. The second kappa shape index (κ2) is 5.10. The molecule has 0 bridgehead atoms. The van der Waals surface area contributed by atoms with Crippen molar-refractivity contribution < 1.29 is 4.42 Å². The molecule has 0 radical (unpaired) electrons.